The molecule has 0 radical (unpaired) electrons. The van der Waals surface area contributed by atoms with Crippen molar-refractivity contribution >= 4 is 29.9 Å². The molecule has 2 aromatic carbocycles. The van der Waals surface area contributed by atoms with Crippen molar-refractivity contribution in [2.45, 2.75) is 32.9 Å². The van der Waals surface area contributed by atoms with Gasteiger partial charge < -0.3 is 20.6 Å². The molecule has 1 aliphatic rings. The molecule has 3 rings (SSSR count). The lowest BCUT2D eigenvalue weighted by molar-refractivity contribution is 0.132. The molecule has 2 aromatic rings. The zero-order chi connectivity index (χ0) is 22.6. The standard InChI is InChI=1S/C26H39N5O.HI/c1-3-27-26(29-19-25(21-32)24-8-6-5-7-9-24)28-18-22-10-12-23(13-11-22)20-31-16-14-30(4-2)15-17-31;/h5-13,25,32H,3-4,14-21H2,1-2H3,(H2,27,28,29);1H. The Kier molecular flexibility index (Phi) is 12.8. The van der Waals surface area contributed by atoms with Gasteiger partial charge in [0.2, 0.25) is 0 Å². The summed E-state index contributed by atoms with van der Waals surface area (Å²) in [6, 6.07) is 18.9. The summed E-state index contributed by atoms with van der Waals surface area (Å²) in [6.45, 7) is 13.3. The van der Waals surface area contributed by atoms with Crippen molar-refractivity contribution < 1.29 is 5.11 Å². The number of aliphatic imine (C=N–C) groups is 1. The second-order valence-electron chi connectivity index (χ2n) is 8.39. The van der Waals surface area contributed by atoms with E-state index in [-0.39, 0.29) is 36.5 Å². The maximum atomic E-state index is 9.79. The third-order valence-electron chi connectivity index (χ3n) is 6.11. The van der Waals surface area contributed by atoms with E-state index in [0.717, 1.165) is 44.2 Å². The van der Waals surface area contributed by atoms with Crippen LogP contribution >= 0.6 is 24.0 Å². The molecule has 1 saturated heterocycles. The largest absolute Gasteiger partial charge is 0.396 e. The molecule has 1 fully saturated rings. The fourth-order valence-electron chi connectivity index (χ4n) is 4.02. The molecule has 33 heavy (non-hydrogen) atoms. The summed E-state index contributed by atoms with van der Waals surface area (Å²) in [4.78, 5) is 9.79. The van der Waals surface area contributed by atoms with Crippen LogP contribution in [-0.4, -0.2) is 73.3 Å². The van der Waals surface area contributed by atoms with Crippen molar-refractivity contribution in [2.75, 3.05) is 52.4 Å². The average molecular weight is 566 g/mol. The summed E-state index contributed by atoms with van der Waals surface area (Å²) >= 11 is 0. The van der Waals surface area contributed by atoms with Crippen LogP contribution in [0.15, 0.2) is 59.6 Å². The van der Waals surface area contributed by atoms with Crippen molar-refractivity contribution in [1.82, 2.24) is 20.4 Å². The average Bonchev–Trinajstić information content (AvgIpc) is 2.85. The van der Waals surface area contributed by atoms with Gasteiger partial charge in [0.05, 0.1) is 13.2 Å². The van der Waals surface area contributed by atoms with E-state index < -0.39 is 0 Å². The van der Waals surface area contributed by atoms with Gasteiger partial charge in [-0.15, -0.1) is 24.0 Å². The Morgan fingerprint density at radius 2 is 1.55 bits per heavy atom. The summed E-state index contributed by atoms with van der Waals surface area (Å²) in [7, 11) is 0. The van der Waals surface area contributed by atoms with E-state index in [9.17, 15) is 5.11 Å². The van der Waals surface area contributed by atoms with Gasteiger partial charge in [0.1, 0.15) is 0 Å². The molecule has 0 saturated carbocycles. The van der Waals surface area contributed by atoms with Gasteiger partial charge in [-0.3, -0.25) is 4.90 Å². The van der Waals surface area contributed by atoms with Gasteiger partial charge in [0, 0.05) is 51.7 Å². The van der Waals surface area contributed by atoms with Crippen LogP contribution in [0.2, 0.25) is 0 Å². The Bertz CT molecular complexity index is 807. The summed E-state index contributed by atoms with van der Waals surface area (Å²) in [6.07, 6.45) is 0. The quantitative estimate of drug-likeness (QED) is 0.235. The predicted molar refractivity (Wildman–Crippen MR) is 148 cm³/mol. The molecule has 7 heteroatoms. The van der Waals surface area contributed by atoms with E-state index in [4.69, 9.17) is 4.99 Å². The van der Waals surface area contributed by atoms with Crippen LogP contribution in [-0.2, 0) is 13.1 Å². The van der Waals surface area contributed by atoms with E-state index in [2.05, 4.69) is 70.7 Å². The third-order valence-corrected chi connectivity index (χ3v) is 6.11. The molecule has 1 atom stereocenters. The van der Waals surface area contributed by atoms with Crippen molar-refractivity contribution in [2.24, 2.45) is 4.99 Å². The van der Waals surface area contributed by atoms with E-state index in [1.807, 2.05) is 18.2 Å². The second kappa shape index (κ2) is 15.3. The Morgan fingerprint density at radius 3 is 2.15 bits per heavy atom. The fraction of sp³-hybridized carbons (Fsp3) is 0.500. The Labute approximate surface area is 216 Å². The van der Waals surface area contributed by atoms with Gasteiger partial charge >= 0.3 is 0 Å². The first kappa shape index (κ1) is 27.6. The van der Waals surface area contributed by atoms with Crippen LogP contribution < -0.4 is 10.6 Å². The van der Waals surface area contributed by atoms with Crippen molar-refractivity contribution in [3.63, 3.8) is 0 Å². The van der Waals surface area contributed by atoms with Crippen LogP contribution in [0, 0.1) is 0 Å². The van der Waals surface area contributed by atoms with Crippen molar-refractivity contribution in [3.8, 4) is 0 Å². The molecular weight excluding hydrogens is 525 g/mol. The number of nitrogens with zero attached hydrogens (tertiary/aromatic N) is 3. The first-order chi connectivity index (χ1) is 15.7. The number of nitrogens with one attached hydrogen (secondary N) is 2. The number of rotatable bonds is 10. The highest BCUT2D eigenvalue weighted by molar-refractivity contribution is 14.0. The van der Waals surface area contributed by atoms with Gasteiger partial charge in [0.25, 0.3) is 0 Å². The molecule has 0 spiro atoms. The number of aliphatic hydroxyl groups excluding tert-OH is 1. The van der Waals surface area contributed by atoms with Gasteiger partial charge in [-0.05, 0) is 30.2 Å². The highest BCUT2D eigenvalue weighted by Crippen LogP contribution is 2.14. The maximum absolute atomic E-state index is 9.79. The zero-order valence-electron chi connectivity index (χ0n) is 20.0. The number of likely N-dealkylation sites (N-methyl/N-ethyl adjacent to an activating group) is 1. The Morgan fingerprint density at radius 1 is 0.909 bits per heavy atom. The zero-order valence-corrected chi connectivity index (χ0v) is 22.4. The molecule has 0 aliphatic carbocycles. The number of hydrogen-bond acceptors (Lipinski definition) is 4. The lowest BCUT2D eigenvalue weighted by Gasteiger charge is -2.34. The molecule has 0 bridgehead atoms. The van der Waals surface area contributed by atoms with Crippen LogP contribution in [0.1, 0.15) is 36.5 Å². The number of halogens is 1. The van der Waals surface area contributed by atoms with Crippen molar-refractivity contribution in [1.29, 1.82) is 0 Å². The predicted octanol–water partition coefficient (Wildman–Crippen LogP) is 3.27. The normalized spacial score (nSPS) is 16.2. The number of benzene rings is 2. The number of piperazine rings is 1. The van der Waals surface area contributed by atoms with Crippen LogP contribution in [0.5, 0.6) is 0 Å². The Balaban J connectivity index is 0.00000385. The van der Waals surface area contributed by atoms with E-state index in [1.54, 1.807) is 0 Å². The molecule has 182 valence electrons. The highest BCUT2D eigenvalue weighted by atomic mass is 127. The lowest BCUT2D eigenvalue weighted by atomic mass is 10.0. The van der Waals surface area contributed by atoms with Crippen LogP contribution in [0.3, 0.4) is 0 Å². The lowest BCUT2D eigenvalue weighted by Crippen LogP contribution is -2.45. The van der Waals surface area contributed by atoms with Crippen molar-refractivity contribution in [3.05, 3.63) is 71.3 Å². The minimum atomic E-state index is 0. The van der Waals surface area contributed by atoms with E-state index in [0.29, 0.717) is 13.1 Å². The summed E-state index contributed by atoms with van der Waals surface area (Å²) in [5.74, 6) is 0.818. The first-order valence-corrected chi connectivity index (χ1v) is 11.9. The first-order valence-electron chi connectivity index (χ1n) is 11.9. The summed E-state index contributed by atoms with van der Waals surface area (Å²) < 4.78 is 0. The van der Waals surface area contributed by atoms with Gasteiger partial charge in [0.15, 0.2) is 5.96 Å². The van der Waals surface area contributed by atoms with Crippen LogP contribution in [0.25, 0.3) is 0 Å². The number of guanidine groups is 1. The summed E-state index contributed by atoms with van der Waals surface area (Å²) in [5.41, 5.74) is 3.69. The maximum Gasteiger partial charge on any atom is 0.191 e. The molecule has 1 aliphatic heterocycles. The molecule has 3 N–H and O–H groups in total. The monoisotopic (exact) mass is 565 g/mol. The van der Waals surface area contributed by atoms with E-state index in [1.165, 1.54) is 24.2 Å². The molecule has 6 nitrogen and oxygen atoms in total. The third kappa shape index (κ3) is 9.23. The number of aliphatic hydroxyl groups is 1. The minimum absolute atomic E-state index is 0. The SMILES string of the molecule is CCNC(=NCc1ccc(CN2CCN(CC)CC2)cc1)NCC(CO)c1ccccc1.I. The molecule has 0 amide bonds. The molecule has 1 unspecified atom stereocenters. The minimum Gasteiger partial charge on any atom is -0.396 e. The molecule has 0 aromatic heterocycles. The molecule has 1 heterocycles. The second-order valence-corrected chi connectivity index (χ2v) is 8.39. The smallest absolute Gasteiger partial charge is 0.191 e. The van der Waals surface area contributed by atoms with Crippen LogP contribution in [0.4, 0.5) is 0 Å². The topological polar surface area (TPSA) is 63.1 Å². The van der Waals surface area contributed by atoms with E-state index >= 15 is 0 Å². The van der Waals surface area contributed by atoms with Gasteiger partial charge in [-0.25, -0.2) is 4.99 Å². The van der Waals surface area contributed by atoms with Gasteiger partial charge in [-0.2, -0.15) is 0 Å². The Hall–Kier alpha value is -1.68. The highest BCUT2D eigenvalue weighted by Gasteiger charge is 2.15. The molecular formula is C26H40IN5O. The summed E-state index contributed by atoms with van der Waals surface area (Å²) in [5, 5.41) is 16.5. The van der Waals surface area contributed by atoms with Gasteiger partial charge in [-0.1, -0.05) is 61.5 Å². The fourth-order valence-corrected chi connectivity index (χ4v) is 4.02. The number of hydrogen-bond donors (Lipinski definition) is 3.